The quantitative estimate of drug-likeness (QED) is 0.595. The first-order valence-electron chi connectivity index (χ1n) is 8.40. The van der Waals surface area contributed by atoms with Gasteiger partial charge in [0.15, 0.2) is 0 Å². The van der Waals surface area contributed by atoms with Crippen molar-refractivity contribution >= 4 is 11.9 Å². The van der Waals surface area contributed by atoms with Gasteiger partial charge in [0.1, 0.15) is 11.8 Å². The Hall–Kier alpha value is -3.61. The molecule has 1 aromatic heterocycles. The van der Waals surface area contributed by atoms with Crippen molar-refractivity contribution in [3.63, 3.8) is 0 Å². The highest BCUT2D eigenvalue weighted by atomic mass is 16.4. The number of nitrogens with zero attached hydrogens (tertiary/aromatic N) is 2. The van der Waals surface area contributed by atoms with Gasteiger partial charge in [-0.15, -0.1) is 0 Å². The predicted molar refractivity (Wildman–Crippen MR) is 99.9 cm³/mol. The van der Waals surface area contributed by atoms with Crippen LogP contribution in [0.3, 0.4) is 0 Å². The Morgan fingerprint density at radius 1 is 1.07 bits per heavy atom. The van der Waals surface area contributed by atoms with E-state index in [0.717, 1.165) is 5.56 Å². The highest BCUT2D eigenvalue weighted by molar-refractivity contribution is 5.82. The molecular formula is C20H19N3O4. The molecule has 0 saturated carbocycles. The number of aliphatic carboxylic acids is 1. The summed E-state index contributed by atoms with van der Waals surface area (Å²) in [5, 5.41) is 19.6. The maximum atomic E-state index is 11.9. The maximum absolute atomic E-state index is 11.9. The number of hydrogen-bond acceptors (Lipinski definition) is 4. The van der Waals surface area contributed by atoms with Crippen molar-refractivity contribution in [3.05, 3.63) is 60.9 Å². The SMILES string of the molecule is NC(=O)CC[C@@H](C(=O)O)n1cnc(-c2ccccc2)c1-c1cccc(O)c1. The van der Waals surface area contributed by atoms with E-state index in [9.17, 15) is 19.8 Å². The van der Waals surface area contributed by atoms with Gasteiger partial charge in [-0.3, -0.25) is 4.79 Å². The minimum absolute atomic E-state index is 0.0427. The van der Waals surface area contributed by atoms with Crippen molar-refractivity contribution in [1.29, 1.82) is 0 Å². The molecule has 0 saturated heterocycles. The van der Waals surface area contributed by atoms with Crippen molar-refractivity contribution in [1.82, 2.24) is 9.55 Å². The van der Waals surface area contributed by atoms with Crippen molar-refractivity contribution in [2.45, 2.75) is 18.9 Å². The van der Waals surface area contributed by atoms with Gasteiger partial charge in [-0.2, -0.15) is 0 Å². The number of imidazole rings is 1. The molecule has 3 rings (SSSR count). The summed E-state index contributed by atoms with van der Waals surface area (Å²) in [6, 6.07) is 14.9. The fraction of sp³-hybridized carbons (Fsp3) is 0.150. The first kappa shape index (κ1) is 18.2. The summed E-state index contributed by atoms with van der Waals surface area (Å²) in [5.74, 6) is -1.60. The molecule has 1 atom stereocenters. The van der Waals surface area contributed by atoms with Gasteiger partial charge in [-0.1, -0.05) is 42.5 Å². The topological polar surface area (TPSA) is 118 Å². The molecule has 3 aromatic rings. The number of amides is 1. The maximum Gasteiger partial charge on any atom is 0.326 e. The highest BCUT2D eigenvalue weighted by Gasteiger charge is 2.26. The van der Waals surface area contributed by atoms with Crippen LogP contribution in [0, 0.1) is 0 Å². The number of carboxylic acids is 1. The number of primary amides is 1. The summed E-state index contributed by atoms with van der Waals surface area (Å²) in [7, 11) is 0. The fourth-order valence-corrected chi connectivity index (χ4v) is 3.00. The zero-order valence-corrected chi connectivity index (χ0v) is 14.4. The number of aromatic hydroxyl groups is 1. The lowest BCUT2D eigenvalue weighted by molar-refractivity contribution is -0.141. The molecule has 0 radical (unpaired) electrons. The fourth-order valence-electron chi connectivity index (χ4n) is 3.00. The smallest absolute Gasteiger partial charge is 0.326 e. The van der Waals surface area contributed by atoms with E-state index in [0.29, 0.717) is 17.0 Å². The number of aromatic nitrogens is 2. The van der Waals surface area contributed by atoms with Crippen LogP contribution in [0.1, 0.15) is 18.9 Å². The van der Waals surface area contributed by atoms with Gasteiger partial charge in [0, 0.05) is 17.5 Å². The largest absolute Gasteiger partial charge is 0.508 e. The summed E-state index contributed by atoms with van der Waals surface area (Å²) < 4.78 is 1.52. The number of carbonyl (C=O) groups is 2. The Kier molecular flexibility index (Phi) is 5.21. The number of hydrogen-bond donors (Lipinski definition) is 3. The van der Waals surface area contributed by atoms with Crippen LogP contribution in [0.5, 0.6) is 5.75 Å². The minimum atomic E-state index is -1.09. The average molecular weight is 365 g/mol. The second-order valence-corrected chi connectivity index (χ2v) is 6.12. The standard InChI is InChI=1S/C20H19N3O4/c21-17(25)10-9-16(20(26)27)23-12-22-18(13-5-2-1-3-6-13)19(23)14-7-4-8-15(24)11-14/h1-8,11-12,16,24H,9-10H2,(H2,21,25)(H,26,27)/t16-/m0/s1. The van der Waals surface area contributed by atoms with Crippen LogP contribution in [-0.2, 0) is 9.59 Å². The lowest BCUT2D eigenvalue weighted by Gasteiger charge is -2.18. The number of carbonyl (C=O) groups excluding carboxylic acids is 1. The van der Waals surface area contributed by atoms with E-state index in [-0.39, 0.29) is 18.6 Å². The molecule has 4 N–H and O–H groups in total. The van der Waals surface area contributed by atoms with Gasteiger partial charge < -0.3 is 20.5 Å². The third-order valence-corrected chi connectivity index (χ3v) is 4.25. The van der Waals surface area contributed by atoms with E-state index in [1.54, 1.807) is 18.2 Å². The van der Waals surface area contributed by atoms with Crippen molar-refractivity contribution in [2.75, 3.05) is 0 Å². The van der Waals surface area contributed by atoms with E-state index in [2.05, 4.69) is 4.98 Å². The molecule has 2 aromatic carbocycles. The highest BCUT2D eigenvalue weighted by Crippen LogP contribution is 2.35. The zero-order valence-electron chi connectivity index (χ0n) is 14.4. The molecule has 7 nitrogen and oxygen atoms in total. The third-order valence-electron chi connectivity index (χ3n) is 4.25. The molecule has 1 amide bonds. The van der Waals surface area contributed by atoms with Gasteiger partial charge in [-0.25, -0.2) is 9.78 Å². The Labute approximate surface area is 155 Å². The lowest BCUT2D eigenvalue weighted by atomic mass is 10.0. The molecule has 0 spiro atoms. The molecule has 138 valence electrons. The summed E-state index contributed by atoms with van der Waals surface area (Å²) in [6.07, 6.45) is 1.43. The van der Waals surface area contributed by atoms with Gasteiger partial charge in [0.25, 0.3) is 0 Å². The van der Waals surface area contributed by atoms with Crippen LogP contribution in [0.15, 0.2) is 60.9 Å². The number of phenolic OH excluding ortho intramolecular Hbond substituents is 1. The van der Waals surface area contributed by atoms with Crippen LogP contribution in [0.2, 0.25) is 0 Å². The van der Waals surface area contributed by atoms with Gasteiger partial charge in [0.05, 0.1) is 17.7 Å². The molecule has 0 aliphatic carbocycles. The average Bonchev–Trinajstić information content (AvgIpc) is 3.07. The van der Waals surface area contributed by atoms with Crippen molar-refractivity contribution < 1.29 is 19.8 Å². The predicted octanol–water partition coefficient (Wildman–Crippen LogP) is 2.81. The number of nitrogens with two attached hydrogens (primary N) is 1. The molecule has 0 unspecified atom stereocenters. The third kappa shape index (κ3) is 3.98. The molecule has 7 heteroatoms. The minimum Gasteiger partial charge on any atom is -0.508 e. The van der Waals surface area contributed by atoms with E-state index < -0.39 is 17.9 Å². The van der Waals surface area contributed by atoms with Gasteiger partial charge in [0.2, 0.25) is 5.91 Å². The van der Waals surface area contributed by atoms with Crippen LogP contribution in [0.25, 0.3) is 22.5 Å². The monoisotopic (exact) mass is 365 g/mol. The molecule has 0 bridgehead atoms. The van der Waals surface area contributed by atoms with Crippen LogP contribution >= 0.6 is 0 Å². The van der Waals surface area contributed by atoms with Crippen LogP contribution in [-0.4, -0.2) is 31.6 Å². The first-order chi connectivity index (χ1) is 13.0. The Morgan fingerprint density at radius 3 is 2.41 bits per heavy atom. The number of carboxylic acid groups (broad SMARTS) is 1. The van der Waals surface area contributed by atoms with E-state index in [1.807, 2.05) is 30.3 Å². The second kappa shape index (κ2) is 7.74. The van der Waals surface area contributed by atoms with E-state index in [1.165, 1.54) is 17.0 Å². The van der Waals surface area contributed by atoms with E-state index >= 15 is 0 Å². The summed E-state index contributed by atoms with van der Waals surface area (Å²) in [6.45, 7) is 0. The molecule has 0 aliphatic heterocycles. The van der Waals surface area contributed by atoms with Gasteiger partial charge >= 0.3 is 5.97 Å². The van der Waals surface area contributed by atoms with Crippen LogP contribution < -0.4 is 5.73 Å². The summed E-state index contributed by atoms with van der Waals surface area (Å²) in [5.41, 5.74) is 7.77. The molecule has 27 heavy (non-hydrogen) atoms. The number of rotatable bonds is 7. The first-order valence-corrected chi connectivity index (χ1v) is 8.40. The normalized spacial score (nSPS) is 11.9. The second-order valence-electron chi connectivity index (χ2n) is 6.12. The zero-order chi connectivity index (χ0) is 19.4. The molecule has 0 fully saturated rings. The van der Waals surface area contributed by atoms with E-state index in [4.69, 9.17) is 5.73 Å². The number of phenols is 1. The summed E-state index contributed by atoms with van der Waals surface area (Å²) in [4.78, 5) is 27.4. The van der Waals surface area contributed by atoms with Crippen LogP contribution in [0.4, 0.5) is 0 Å². The van der Waals surface area contributed by atoms with Gasteiger partial charge in [-0.05, 0) is 18.6 Å². The Bertz CT molecular complexity index is 966. The number of benzene rings is 2. The molecule has 0 aliphatic rings. The van der Waals surface area contributed by atoms with Crippen molar-refractivity contribution in [3.8, 4) is 28.3 Å². The Morgan fingerprint density at radius 2 is 1.78 bits per heavy atom. The Balaban J connectivity index is 2.18. The lowest BCUT2D eigenvalue weighted by Crippen LogP contribution is -2.22. The van der Waals surface area contributed by atoms with Crippen molar-refractivity contribution in [2.24, 2.45) is 5.73 Å². The summed E-state index contributed by atoms with van der Waals surface area (Å²) >= 11 is 0. The molecule has 1 heterocycles. The molecular weight excluding hydrogens is 346 g/mol.